The van der Waals surface area contributed by atoms with Crippen LogP contribution in [0.15, 0.2) is 17.0 Å². The lowest BCUT2D eigenvalue weighted by molar-refractivity contribution is -0.137. The molecule has 29 heavy (non-hydrogen) atoms. The molecule has 0 amide bonds. The number of Topliss-reactive ketones (excluding diaryl/α,β-unsaturated/α-hetero) is 1. The molecule has 1 saturated heterocycles. The van der Waals surface area contributed by atoms with Gasteiger partial charge < -0.3 is 14.8 Å². The molecule has 4 nitrogen and oxygen atoms in total. The van der Waals surface area contributed by atoms with Gasteiger partial charge in [-0.2, -0.15) is 13.2 Å². The van der Waals surface area contributed by atoms with Crippen LogP contribution in [0.3, 0.4) is 0 Å². The highest BCUT2D eigenvalue weighted by molar-refractivity contribution is 7.98. The second-order valence-corrected chi connectivity index (χ2v) is 8.75. The fourth-order valence-electron chi connectivity index (χ4n) is 3.98. The van der Waals surface area contributed by atoms with Crippen molar-refractivity contribution in [1.29, 1.82) is 0 Å². The van der Waals surface area contributed by atoms with E-state index in [1.807, 2.05) is 0 Å². The number of carbonyl (C=O) groups is 1. The van der Waals surface area contributed by atoms with Crippen LogP contribution in [0.1, 0.15) is 48.5 Å². The topological polar surface area (TPSA) is 47.6 Å². The molecule has 1 aromatic rings. The predicted molar refractivity (Wildman–Crippen MR) is 107 cm³/mol. The van der Waals surface area contributed by atoms with Gasteiger partial charge in [0.2, 0.25) is 0 Å². The van der Waals surface area contributed by atoms with E-state index in [0.29, 0.717) is 25.2 Å². The van der Waals surface area contributed by atoms with Gasteiger partial charge in [-0.3, -0.25) is 4.79 Å². The number of alkyl halides is 3. The van der Waals surface area contributed by atoms with E-state index in [-0.39, 0.29) is 40.4 Å². The molecule has 0 spiro atoms. The SMILES string of the molecule is COc1cc(C(F)(F)F)cc(SC)c1C(=O)C[C@@H]1COCC[C@H]1NC(C)C1CC1. The second-order valence-electron chi connectivity index (χ2n) is 7.90. The van der Waals surface area contributed by atoms with Gasteiger partial charge >= 0.3 is 6.18 Å². The monoisotopic (exact) mass is 431 g/mol. The normalized spacial score (nSPS) is 23.7. The Bertz CT molecular complexity index is 711. The van der Waals surface area contributed by atoms with Gasteiger partial charge in [-0.15, -0.1) is 11.8 Å². The molecule has 1 heterocycles. The summed E-state index contributed by atoms with van der Waals surface area (Å²) in [4.78, 5) is 13.4. The number of ether oxygens (including phenoxy) is 2. The Balaban J connectivity index is 1.81. The average Bonchev–Trinajstić information content (AvgIpc) is 3.52. The molecule has 1 unspecified atom stereocenters. The molecule has 1 aromatic carbocycles. The van der Waals surface area contributed by atoms with Gasteiger partial charge in [0.05, 0.1) is 24.8 Å². The molecular weight excluding hydrogens is 403 g/mol. The van der Waals surface area contributed by atoms with Gasteiger partial charge in [0.1, 0.15) is 5.75 Å². The lowest BCUT2D eigenvalue weighted by atomic mass is 9.88. The number of ketones is 1. The van der Waals surface area contributed by atoms with E-state index in [1.54, 1.807) is 6.26 Å². The van der Waals surface area contributed by atoms with Crippen LogP contribution in [0.4, 0.5) is 13.2 Å². The largest absolute Gasteiger partial charge is 0.496 e. The molecule has 3 atom stereocenters. The zero-order valence-electron chi connectivity index (χ0n) is 17.0. The molecule has 0 bridgehead atoms. The van der Waals surface area contributed by atoms with Gasteiger partial charge in [0, 0.05) is 35.9 Å². The molecule has 1 saturated carbocycles. The maximum Gasteiger partial charge on any atom is 0.416 e. The van der Waals surface area contributed by atoms with Crippen molar-refractivity contribution in [3.63, 3.8) is 0 Å². The summed E-state index contributed by atoms with van der Waals surface area (Å²) in [6.07, 6.45) is 0.683. The maximum atomic E-state index is 13.2. The van der Waals surface area contributed by atoms with Gasteiger partial charge in [0.15, 0.2) is 5.78 Å². The Hall–Kier alpha value is -1.25. The highest BCUT2D eigenvalue weighted by Crippen LogP contribution is 2.39. The summed E-state index contributed by atoms with van der Waals surface area (Å²) in [5, 5.41) is 3.66. The van der Waals surface area contributed by atoms with Crippen LogP contribution in [0, 0.1) is 11.8 Å². The van der Waals surface area contributed by atoms with Crippen LogP contribution < -0.4 is 10.1 Å². The number of carbonyl (C=O) groups excluding carboxylic acids is 1. The Morgan fingerprint density at radius 3 is 2.66 bits per heavy atom. The summed E-state index contributed by atoms with van der Waals surface area (Å²) in [5.74, 6) is 0.453. The third kappa shape index (κ3) is 5.47. The number of methoxy groups -OCH3 is 1. The van der Waals surface area contributed by atoms with E-state index < -0.39 is 11.7 Å². The first-order valence-corrected chi connectivity index (χ1v) is 11.2. The van der Waals surface area contributed by atoms with Crippen LogP contribution >= 0.6 is 11.8 Å². The van der Waals surface area contributed by atoms with Crippen molar-refractivity contribution in [3.05, 3.63) is 23.3 Å². The second kappa shape index (κ2) is 9.27. The molecule has 2 fully saturated rings. The Morgan fingerprint density at radius 2 is 2.07 bits per heavy atom. The fourth-order valence-corrected chi connectivity index (χ4v) is 4.64. The standard InChI is InChI=1S/C21H28F3NO3S/c1-12(13-4-5-13)25-16-6-7-28-11-14(16)8-17(26)20-18(27-2)9-15(21(22,23)24)10-19(20)29-3/h9-10,12-14,16,25H,4-8,11H2,1-3H3/t12?,14-,16-/m1/s1. The van der Waals surface area contributed by atoms with Crippen LogP contribution in [0.2, 0.25) is 0 Å². The third-order valence-corrected chi connectivity index (χ3v) is 6.60. The van der Waals surface area contributed by atoms with Crippen molar-refractivity contribution >= 4 is 17.5 Å². The quantitative estimate of drug-likeness (QED) is 0.473. The fraction of sp³-hybridized carbons (Fsp3) is 0.667. The molecule has 1 aliphatic carbocycles. The van der Waals surface area contributed by atoms with Crippen molar-refractivity contribution in [2.45, 2.75) is 55.8 Å². The summed E-state index contributed by atoms with van der Waals surface area (Å²) in [6, 6.07) is 2.51. The molecule has 3 rings (SSSR count). The summed E-state index contributed by atoms with van der Waals surface area (Å²) >= 11 is 1.12. The zero-order chi connectivity index (χ0) is 21.2. The number of halogens is 3. The third-order valence-electron chi connectivity index (χ3n) is 5.84. The Labute approximate surface area is 173 Å². The lowest BCUT2D eigenvalue weighted by Crippen LogP contribution is -2.47. The van der Waals surface area contributed by atoms with Crippen LogP contribution in [-0.4, -0.2) is 44.4 Å². The first-order chi connectivity index (χ1) is 13.7. The van der Waals surface area contributed by atoms with E-state index in [1.165, 1.54) is 20.0 Å². The molecule has 162 valence electrons. The van der Waals surface area contributed by atoms with Gasteiger partial charge in [0.25, 0.3) is 0 Å². The minimum Gasteiger partial charge on any atom is -0.496 e. The molecule has 0 radical (unpaired) electrons. The molecule has 8 heteroatoms. The van der Waals surface area contributed by atoms with Crippen molar-refractivity contribution in [1.82, 2.24) is 5.32 Å². The van der Waals surface area contributed by atoms with Crippen molar-refractivity contribution in [2.24, 2.45) is 11.8 Å². The predicted octanol–water partition coefficient (Wildman–Crippen LogP) is 4.80. The Morgan fingerprint density at radius 1 is 1.34 bits per heavy atom. The minimum absolute atomic E-state index is 0.0147. The lowest BCUT2D eigenvalue weighted by Gasteiger charge is -2.34. The van der Waals surface area contributed by atoms with Gasteiger partial charge in [-0.25, -0.2) is 0 Å². The summed E-state index contributed by atoms with van der Waals surface area (Å²) in [6.45, 7) is 3.30. The summed E-state index contributed by atoms with van der Waals surface area (Å²) < 4.78 is 50.4. The van der Waals surface area contributed by atoms with Crippen LogP contribution in [0.25, 0.3) is 0 Å². The number of thioether (sulfide) groups is 1. The molecule has 1 aliphatic heterocycles. The highest BCUT2D eigenvalue weighted by Gasteiger charge is 2.36. The minimum atomic E-state index is -4.50. The van der Waals surface area contributed by atoms with Crippen LogP contribution in [0.5, 0.6) is 5.75 Å². The first-order valence-electron chi connectivity index (χ1n) is 9.94. The smallest absolute Gasteiger partial charge is 0.416 e. The van der Waals surface area contributed by atoms with E-state index in [2.05, 4.69) is 12.2 Å². The van der Waals surface area contributed by atoms with E-state index >= 15 is 0 Å². The number of hydrogen-bond donors (Lipinski definition) is 1. The zero-order valence-corrected chi connectivity index (χ0v) is 17.8. The average molecular weight is 432 g/mol. The number of nitrogens with one attached hydrogen (secondary N) is 1. The van der Waals surface area contributed by atoms with Crippen molar-refractivity contribution < 1.29 is 27.4 Å². The van der Waals surface area contributed by atoms with Crippen LogP contribution in [-0.2, 0) is 10.9 Å². The van der Waals surface area contributed by atoms with E-state index in [0.717, 1.165) is 30.3 Å². The van der Waals surface area contributed by atoms with Crippen molar-refractivity contribution in [2.75, 3.05) is 26.6 Å². The number of rotatable bonds is 8. The summed E-state index contributed by atoms with van der Waals surface area (Å²) in [5.41, 5.74) is -0.582. The highest BCUT2D eigenvalue weighted by atomic mass is 32.2. The van der Waals surface area contributed by atoms with Crippen molar-refractivity contribution in [3.8, 4) is 5.75 Å². The number of benzene rings is 1. The maximum absolute atomic E-state index is 13.2. The van der Waals surface area contributed by atoms with Gasteiger partial charge in [-0.05, 0) is 50.5 Å². The van der Waals surface area contributed by atoms with Gasteiger partial charge in [-0.1, -0.05) is 0 Å². The first kappa shape index (κ1) is 22.4. The molecule has 1 N–H and O–H groups in total. The molecular formula is C21H28F3NO3S. The summed E-state index contributed by atoms with van der Waals surface area (Å²) in [7, 11) is 1.29. The Kier molecular flexibility index (Phi) is 7.17. The molecule has 2 aliphatic rings. The van der Waals surface area contributed by atoms with E-state index in [9.17, 15) is 18.0 Å². The number of hydrogen-bond acceptors (Lipinski definition) is 5. The molecule has 0 aromatic heterocycles. The van der Waals surface area contributed by atoms with E-state index in [4.69, 9.17) is 9.47 Å².